The van der Waals surface area contributed by atoms with Crippen molar-refractivity contribution in [1.82, 2.24) is 4.90 Å². The molecule has 0 saturated carbocycles. The van der Waals surface area contributed by atoms with E-state index in [-0.39, 0.29) is 12.5 Å². The third-order valence-corrected chi connectivity index (χ3v) is 3.67. The number of likely N-dealkylation sites (N-methyl/N-ethyl adjacent to an activating group) is 1. The van der Waals surface area contributed by atoms with Gasteiger partial charge in [-0.1, -0.05) is 24.3 Å². The highest BCUT2D eigenvalue weighted by molar-refractivity contribution is 5.92. The average Bonchev–Trinajstić information content (AvgIpc) is 2.56. The van der Waals surface area contributed by atoms with Gasteiger partial charge in [0.25, 0.3) is 0 Å². The summed E-state index contributed by atoms with van der Waals surface area (Å²) in [4.78, 5) is 13.8. The molecule has 136 valence electrons. The van der Waals surface area contributed by atoms with Crippen molar-refractivity contribution in [3.05, 3.63) is 65.2 Å². The normalized spacial score (nSPS) is 11.2. The lowest BCUT2D eigenvalue weighted by Crippen LogP contribution is -2.29. The number of amides is 1. The number of carbonyl (C=O) groups is 1. The first kappa shape index (κ1) is 19.5. The molecule has 0 aliphatic heterocycles. The molecular formula is C19H18F3N3O. The summed E-state index contributed by atoms with van der Waals surface area (Å²) in [6.07, 6.45) is -4.04. The second kappa shape index (κ2) is 8.50. The Morgan fingerprint density at radius 2 is 1.65 bits per heavy atom. The zero-order chi connectivity index (χ0) is 19.2. The number of hydrogen-bond acceptors (Lipinski definition) is 3. The molecule has 26 heavy (non-hydrogen) atoms. The van der Waals surface area contributed by atoms with Gasteiger partial charge in [-0.05, 0) is 42.4 Å². The van der Waals surface area contributed by atoms with Crippen molar-refractivity contribution in [3.8, 4) is 6.07 Å². The summed E-state index contributed by atoms with van der Waals surface area (Å²) in [7, 11) is 1.72. The number of halogens is 3. The van der Waals surface area contributed by atoms with Crippen LogP contribution in [0.25, 0.3) is 0 Å². The van der Waals surface area contributed by atoms with Gasteiger partial charge in [-0.15, -0.1) is 0 Å². The Morgan fingerprint density at radius 3 is 2.19 bits per heavy atom. The zero-order valence-electron chi connectivity index (χ0n) is 14.2. The minimum atomic E-state index is -4.35. The number of rotatable bonds is 6. The molecule has 0 radical (unpaired) electrons. The van der Waals surface area contributed by atoms with Gasteiger partial charge in [-0.2, -0.15) is 18.4 Å². The van der Waals surface area contributed by atoms with E-state index in [1.165, 1.54) is 12.1 Å². The summed E-state index contributed by atoms with van der Waals surface area (Å²) in [6, 6.07) is 13.9. The van der Waals surface area contributed by atoms with Crippen molar-refractivity contribution >= 4 is 11.6 Å². The monoisotopic (exact) mass is 361 g/mol. The van der Waals surface area contributed by atoms with Crippen LogP contribution in [0.3, 0.4) is 0 Å². The van der Waals surface area contributed by atoms with E-state index in [0.717, 1.165) is 17.7 Å². The van der Waals surface area contributed by atoms with Crippen LogP contribution in [0, 0.1) is 11.3 Å². The number of nitrogens with one attached hydrogen (secondary N) is 1. The second-order valence-corrected chi connectivity index (χ2v) is 5.95. The van der Waals surface area contributed by atoms with Gasteiger partial charge in [0.05, 0.1) is 24.6 Å². The van der Waals surface area contributed by atoms with Crippen LogP contribution in [0.5, 0.6) is 0 Å². The number of carbonyl (C=O) groups excluding carboxylic acids is 1. The minimum absolute atomic E-state index is 0.0982. The maximum absolute atomic E-state index is 12.5. The van der Waals surface area contributed by atoms with Crippen LogP contribution < -0.4 is 5.32 Å². The maximum Gasteiger partial charge on any atom is 0.416 e. The van der Waals surface area contributed by atoms with Gasteiger partial charge < -0.3 is 5.32 Å². The van der Waals surface area contributed by atoms with Crippen LogP contribution in [-0.2, 0) is 23.9 Å². The molecule has 0 atom stereocenters. The molecule has 0 spiro atoms. The molecule has 0 unspecified atom stereocenters. The van der Waals surface area contributed by atoms with Gasteiger partial charge in [0.1, 0.15) is 0 Å². The summed E-state index contributed by atoms with van der Waals surface area (Å²) >= 11 is 0. The summed E-state index contributed by atoms with van der Waals surface area (Å²) in [5.41, 5.74) is 1.49. The molecule has 7 heteroatoms. The Kier molecular flexibility index (Phi) is 6.36. The fourth-order valence-corrected chi connectivity index (χ4v) is 2.41. The molecule has 2 aromatic rings. The van der Waals surface area contributed by atoms with E-state index in [1.54, 1.807) is 36.2 Å². The minimum Gasteiger partial charge on any atom is -0.325 e. The maximum atomic E-state index is 12.5. The predicted molar refractivity (Wildman–Crippen MR) is 92.2 cm³/mol. The molecule has 2 aromatic carbocycles. The van der Waals surface area contributed by atoms with Crippen molar-refractivity contribution in [2.45, 2.75) is 19.1 Å². The van der Waals surface area contributed by atoms with Crippen LogP contribution in [0.2, 0.25) is 0 Å². The fourth-order valence-electron chi connectivity index (χ4n) is 2.41. The van der Waals surface area contributed by atoms with Crippen LogP contribution in [0.1, 0.15) is 16.7 Å². The first-order valence-corrected chi connectivity index (χ1v) is 7.88. The SMILES string of the molecule is CN(CC(=O)Nc1ccc(CC#N)cc1)Cc1ccc(C(F)(F)F)cc1. The van der Waals surface area contributed by atoms with E-state index < -0.39 is 11.7 Å². The van der Waals surface area contributed by atoms with Gasteiger partial charge in [0.2, 0.25) is 5.91 Å². The zero-order valence-corrected chi connectivity index (χ0v) is 14.2. The molecule has 0 bridgehead atoms. The van der Waals surface area contributed by atoms with Gasteiger partial charge in [0.15, 0.2) is 0 Å². The summed E-state index contributed by atoms with van der Waals surface area (Å²) in [5, 5.41) is 11.4. The molecule has 0 aliphatic rings. The molecule has 0 aromatic heterocycles. The Morgan fingerprint density at radius 1 is 1.08 bits per heavy atom. The topological polar surface area (TPSA) is 56.1 Å². The molecule has 0 aliphatic carbocycles. The highest BCUT2D eigenvalue weighted by Crippen LogP contribution is 2.29. The molecule has 1 amide bonds. The summed E-state index contributed by atoms with van der Waals surface area (Å²) in [5.74, 6) is -0.229. The number of nitriles is 1. The standard InChI is InChI=1S/C19H18F3N3O/c1-25(12-15-2-6-16(7-3-15)19(20,21)22)13-18(26)24-17-8-4-14(5-9-17)10-11-23/h2-9H,10,12-13H2,1H3,(H,24,26). The smallest absolute Gasteiger partial charge is 0.325 e. The molecule has 2 rings (SSSR count). The number of benzene rings is 2. The third kappa shape index (κ3) is 5.90. The largest absolute Gasteiger partial charge is 0.416 e. The number of hydrogen-bond donors (Lipinski definition) is 1. The highest BCUT2D eigenvalue weighted by atomic mass is 19.4. The average molecular weight is 361 g/mol. The van der Waals surface area contributed by atoms with Gasteiger partial charge in [-0.25, -0.2) is 0 Å². The Labute approximate surface area is 149 Å². The number of alkyl halides is 3. The fraction of sp³-hybridized carbons (Fsp3) is 0.263. The van der Waals surface area contributed by atoms with Crippen LogP contribution in [-0.4, -0.2) is 24.4 Å². The van der Waals surface area contributed by atoms with Crippen LogP contribution in [0.4, 0.5) is 18.9 Å². The van der Waals surface area contributed by atoms with E-state index in [4.69, 9.17) is 5.26 Å². The highest BCUT2D eigenvalue weighted by Gasteiger charge is 2.29. The van der Waals surface area contributed by atoms with Gasteiger partial charge >= 0.3 is 6.18 Å². The lowest BCUT2D eigenvalue weighted by atomic mass is 10.1. The summed E-state index contributed by atoms with van der Waals surface area (Å²) in [6.45, 7) is 0.452. The predicted octanol–water partition coefficient (Wildman–Crippen LogP) is 3.84. The molecule has 0 heterocycles. The molecule has 1 N–H and O–H groups in total. The Hall–Kier alpha value is -2.85. The van der Waals surface area contributed by atoms with Crippen molar-refractivity contribution in [3.63, 3.8) is 0 Å². The third-order valence-electron chi connectivity index (χ3n) is 3.67. The number of nitrogens with zero attached hydrogens (tertiary/aromatic N) is 2. The molecule has 0 fully saturated rings. The molecular weight excluding hydrogens is 343 g/mol. The Bertz CT molecular complexity index is 778. The van der Waals surface area contributed by atoms with E-state index in [1.807, 2.05) is 6.07 Å². The number of anilines is 1. The Balaban J connectivity index is 1.86. The van der Waals surface area contributed by atoms with Crippen molar-refractivity contribution in [2.75, 3.05) is 18.9 Å². The van der Waals surface area contributed by atoms with Gasteiger partial charge in [0, 0.05) is 12.2 Å². The van der Waals surface area contributed by atoms with E-state index in [2.05, 4.69) is 5.32 Å². The quantitative estimate of drug-likeness (QED) is 0.850. The van der Waals surface area contributed by atoms with Gasteiger partial charge in [-0.3, -0.25) is 9.69 Å². The molecule has 4 nitrogen and oxygen atoms in total. The van der Waals surface area contributed by atoms with Crippen molar-refractivity contribution in [1.29, 1.82) is 5.26 Å². The van der Waals surface area contributed by atoms with Crippen molar-refractivity contribution in [2.24, 2.45) is 0 Å². The van der Waals surface area contributed by atoms with Crippen LogP contribution >= 0.6 is 0 Å². The van der Waals surface area contributed by atoms with E-state index in [0.29, 0.717) is 24.2 Å². The first-order valence-electron chi connectivity index (χ1n) is 7.88. The lowest BCUT2D eigenvalue weighted by molar-refractivity contribution is -0.137. The summed E-state index contributed by atoms with van der Waals surface area (Å²) < 4.78 is 37.6. The van der Waals surface area contributed by atoms with Crippen LogP contribution in [0.15, 0.2) is 48.5 Å². The lowest BCUT2D eigenvalue weighted by Gasteiger charge is -2.17. The van der Waals surface area contributed by atoms with Crippen molar-refractivity contribution < 1.29 is 18.0 Å². The molecule has 0 saturated heterocycles. The van der Waals surface area contributed by atoms with E-state index in [9.17, 15) is 18.0 Å². The first-order chi connectivity index (χ1) is 12.3. The second-order valence-electron chi connectivity index (χ2n) is 5.95. The van der Waals surface area contributed by atoms with E-state index >= 15 is 0 Å².